The number of rotatable bonds is 3. The number of hydrogen-bond acceptors (Lipinski definition) is 3. The van der Waals surface area contributed by atoms with E-state index in [1.807, 2.05) is 0 Å². The van der Waals surface area contributed by atoms with Gasteiger partial charge in [-0.3, -0.25) is 0 Å². The van der Waals surface area contributed by atoms with Gasteiger partial charge in [-0.25, -0.2) is 9.59 Å². The Kier molecular flexibility index (Phi) is 4.00. The van der Waals surface area contributed by atoms with Gasteiger partial charge in [0.2, 0.25) is 0 Å². The number of halogens is 3. The van der Waals surface area contributed by atoms with Crippen molar-refractivity contribution < 1.29 is 27.5 Å². The smallest absolute Gasteiger partial charge is 0.431 e. The molecule has 0 aliphatic carbocycles. The van der Waals surface area contributed by atoms with E-state index in [-0.39, 0.29) is 6.54 Å². The molecule has 0 radical (unpaired) electrons. The lowest BCUT2D eigenvalue weighted by atomic mass is 10.1. The lowest BCUT2D eigenvalue weighted by Gasteiger charge is -2.32. The summed E-state index contributed by atoms with van der Waals surface area (Å²) < 4.78 is 41.9. The molecule has 1 aliphatic rings. The molecule has 1 aliphatic heterocycles. The van der Waals surface area contributed by atoms with Crippen LogP contribution in [-0.2, 0) is 9.53 Å². The van der Waals surface area contributed by atoms with Gasteiger partial charge in [0.1, 0.15) is 5.70 Å². The highest BCUT2D eigenvalue weighted by Gasteiger charge is 2.42. The number of amides is 2. The largest absolute Gasteiger partial charge is 0.467 e. The van der Waals surface area contributed by atoms with Crippen LogP contribution in [0, 0.1) is 0 Å². The Morgan fingerprint density at radius 2 is 2.28 bits per heavy atom. The van der Waals surface area contributed by atoms with E-state index in [0.29, 0.717) is 6.08 Å². The van der Waals surface area contributed by atoms with Crippen LogP contribution >= 0.6 is 0 Å². The Labute approximate surface area is 101 Å². The first-order valence-electron chi connectivity index (χ1n) is 4.86. The molecule has 0 aromatic rings. The van der Waals surface area contributed by atoms with E-state index in [1.165, 1.54) is 6.08 Å². The summed E-state index contributed by atoms with van der Waals surface area (Å²) in [4.78, 5) is 23.8. The van der Waals surface area contributed by atoms with E-state index in [4.69, 9.17) is 0 Å². The van der Waals surface area contributed by atoms with Crippen molar-refractivity contribution in [1.82, 2.24) is 10.2 Å². The van der Waals surface area contributed by atoms with Crippen LogP contribution in [0.15, 0.2) is 24.4 Å². The molecule has 1 N–H and O–H groups in total. The molecule has 0 aromatic heterocycles. The zero-order valence-corrected chi connectivity index (χ0v) is 9.45. The number of ether oxygens (including phenoxy) is 1. The second kappa shape index (κ2) is 5.11. The zero-order chi connectivity index (χ0) is 13.9. The monoisotopic (exact) mass is 264 g/mol. The number of esters is 1. The Morgan fingerprint density at radius 1 is 1.67 bits per heavy atom. The summed E-state index contributed by atoms with van der Waals surface area (Å²) in [6.45, 7) is 3.28. The van der Waals surface area contributed by atoms with Gasteiger partial charge in [-0.05, 0) is 6.08 Å². The van der Waals surface area contributed by atoms with Gasteiger partial charge in [-0.1, -0.05) is 6.08 Å². The van der Waals surface area contributed by atoms with Crippen molar-refractivity contribution in [1.29, 1.82) is 0 Å². The van der Waals surface area contributed by atoms with Crippen molar-refractivity contribution >= 4 is 12.0 Å². The average molecular weight is 264 g/mol. The summed E-state index contributed by atoms with van der Waals surface area (Å²) in [6, 6.07) is -2.45. The van der Waals surface area contributed by atoms with Gasteiger partial charge in [0.05, 0.1) is 7.11 Å². The van der Waals surface area contributed by atoms with Gasteiger partial charge in [-0.2, -0.15) is 13.2 Å². The number of alkyl halides is 3. The quantitative estimate of drug-likeness (QED) is 0.615. The van der Waals surface area contributed by atoms with Gasteiger partial charge in [0, 0.05) is 6.54 Å². The van der Waals surface area contributed by atoms with E-state index in [1.54, 1.807) is 5.32 Å². The molecule has 100 valence electrons. The molecule has 0 aromatic carbocycles. The summed E-state index contributed by atoms with van der Waals surface area (Å²) in [5, 5.41) is 1.67. The molecule has 8 heteroatoms. The third-order valence-electron chi connectivity index (χ3n) is 2.24. The molecule has 0 bridgehead atoms. The summed E-state index contributed by atoms with van der Waals surface area (Å²) in [7, 11) is 1.03. The summed E-state index contributed by atoms with van der Waals surface area (Å²) in [5.74, 6) is -0.951. The Morgan fingerprint density at radius 3 is 2.72 bits per heavy atom. The topological polar surface area (TPSA) is 58.6 Å². The molecule has 5 nitrogen and oxygen atoms in total. The molecule has 0 saturated heterocycles. The van der Waals surface area contributed by atoms with Gasteiger partial charge in [0.15, 0.2) is 6.04 Å². The third-order valence-corrected chi connectivity index (χ3v) is 2.24. The zero-order valence-electron chi connectivity index (χ0n) is 9.45. The fourth-order valence-corrected chi connectivity index (χ4v) is 1.42. The normalized spacial score (nSPS) is 20.0. The van der Waals surface area contributed by atoms with Crippen molar-refractivity contribution in [3.63, 3.8) is 0 Å². The number of allylic oxidation sites excluding steroid dienone is 1. The predicted molar refractivity (Wildman–Crippen MR) is 55.4 cm³/mol. The van der Waals surface area contributed by atoms with Crippen molar-refractivity contribution in [3.8, 4) is 0 Å². The minimum atomic E-state index is -4.73. The Hall–Kier alpha value is -1.99. The van der Waals surface area contributed by atoms with Gasteiger partial charge in [-0.15, -0.1) is 6.58 Å². The fourth-order valence-electron chi connectivity index (χ4n) is 1.42. The molecule has 1 unspecified atom stereocenters. The molecular weight excluding hydrogens is 253 g/mol. The average Bonchev–Trinajstić information content (AvgIpc) is 2.29. The maximum atomic E-state index is 12.5. The van der Waals surface area contributed by atoms with Crippen molar-refractivity contribution in [2.24, 2.45) is 0 Å². The van der Waals surface area contributed by atoms with Gasteiger partial charge in [0.25, 0.3) is 0 Å². The summed E-state index contributed by atoms with van der Waals surface area (Å²) >= 11 is 0. The lowest BCUT2D eigenvalue weighted by molar-refractivity contribution is -0.144. The van der Waals surface area contributed by atoms with E-state index < -0.39 is 29.9 Å². The first kappa shape index (κ1) is 14.1. The number of carbonyl (C=O) groups excluding carboxylic acids is 2. The van der Waals surface area contributed by atoms with Crippen LogP contribution in [0.25, 0.3) is 0 Å². The number of hydrogen-bond donors (Lipinski definition) is 1. The second-order valence-corrected chi connectivity index (χ2v) is 3.42. The first-order chi connectivity index (χ1) is 8.31. The minimum Gasteiger partial charge on any atom is -0.467 e. The maximum absolute atomic E-state index is 12.5. The molecule has 1 heterocycles. The second-order valence-electron chi connectivity index (χ2n) is 3.42. The number of methoxy groups -OCH3 is 1. The van der Waals surface area contributed by atoms with Crippen molar-refractivity contribution in [3.05, 3.63) is 24.4 Å². The SMILES string of the molecule is C=CCN1C(=O)NC(C(F)(F)F)=CC1C(=O)OC. The predicted octanol–water partition coefficient (Wildman–Crippen LogP) is 1.19. The number of nitrogens with zero attached hydrogens (tertiary/aromatic N) is 1. The van der Waals surface area contributed by atoms with Crippen molar-refractivity contribution in [2.45, 2.75) is 12.2 Å². The van der Waals surface area contributed by atoms with Crippen LogP contribution in [0.2, 0.25) is 0 Å². The summed E-state index contributed by atoms with van der Waals surface area (Å²) in [6.07, 6.45) is -2.83. The molecule has 2 amide bonds. The van der Waals surface area contributed by atoms with Gasteiger partial charge < -0.3 is 15.0 Å². The van der Waals surface area contributed by atoms with Crippen molar-refractivity contribution in [2.75, 3.05) is 13.7 Å². The number of urea groups is 1. The van der Waals surface area contributed by atoms with Gasteiger partial charge >= 0.3 is 18.2 Å². The van der Waals surface area contributed by atoms with Crippen LogP contribution in [0.4, 0.5) is 18.0 Å². The standard InChI is InChI=1S/C10H11F3N2O3/c1-3-4-15-6(8(16)18-2)5-7(10(11,12)13)14-9(15)17/h3,5-6H,1,4H2,2H3,(H,14,17). The molecular formula is C10H11F3N2O3. The van der Waals surface area contributed by atoms with Crippen LogP contribution in [0.3, 0.4) is 0 Å². The third kappa shape index (κ3) is 2.82. The van der Waals surface area contributed by atoms with E-state index in [9.17, 15) is 22.8 Å². The van der Waals surface area contributed by atoms with Crippen LogP contribution in [-0.4, -0.2) is 42.8 Å². The lowest BCUT2D eigenvalue weighted by Crippen LogP contribution is -2.54. The Balaban J connectivity index is 3.13. The molecule has 0 saturated carbocycles. The summed E-state index contributed by atoms with van der Waals surface area (Å²) in [5.41, 5.74) is -1.27. The maximum Gasteiger partial charge on any atom is 0.431 e. The van der Waals surface area contributed by atoms with E-state index in [0.717, 1.165) is 12.0 Å². The van der Waals surface area contributed by atoms with Crippen LogP contribution in [0.5, 0.6) is 0 Å². The highest BCUT2D eigenvalue weighted by Crippen LogP contribution is 2.27. The van der Waals surface area contributed by atoms with E-state index in [2.05, 4.69) is 11.3 Å². The highest BCUT2D eigenvalue weighted by atomic mass is 19.4. The fraction of sp³-hybridized carbons (Fsp3) is 0.400. The molecule has 18 heavy (non-hydrogen) atoms. The highest BCUT2D eigenvalue weighted by molar-refractivity contribution is 5.88. The van der Waals surface area contributed by atoms with Crippen LogP contribution < -0.4 is 5.32 Å². The molecule has 1 rings (SSSR count). The Bertz CT molecular complexity index is 404. The van der Waals surface area contributed by atoms with Crippen LogP contribution in [0.1, 0.15) is 0 Å². The molecule has 0 fully saturated rings. The number of nitrogens with one attached hydrogen (secondary N) is 1. The molecule has 0 spiro atoms. The minimum absolute atomic E-state index is 0.0762. The molecule has 1 atom stereocenters. The number of carbonyl (C=O) groups is 2. The van der Waals surface area contributed by atoms with E-state index >= 15 is 0 Å². The first-order valence-corrected chi connectivity index (χ1v) is 4.86.